The third-order valence-electron chi connectivity index (χ3n) is 1.31. The van der Waals surface area contributed by atoms with Crippen LogP contribution >= 0.6 is 0 Å². The van der Waals surface area contributed by atoms with Crippen LogP contribution in [0.3, 0.4) is 0 Å². The molecule has 0 amide bonds. The second kappa shape index (κ2) is 5.63. The van der Waals surface area contributed by atoms with Crippen LogP contribution in [0.25, 0.3) is 0 Å². The molecule has 0 aromatic carbocycles. The number of aromatic nitrogens is 2. The molecule has 0 fully saturated rings. The highest BCUT2D eigenvalue weighted by atomic mass is 16.5. The molecule has 0 saturated heterocycles. The molecule has 0 aliphatic heterocycles. The number of hydrogen-bond acceptors (Lipinski definition) is 6. The zero-order chi connectivity index (χ0) is 9.52. The Labute approximate surface area is 75.5 Å². The summed E-state index contributed by atoms with van der Waals surface area (Å²) in [6.45, 7) is 1.03. The van der Waals surface area contributed by atoms with Gasteiger partial charge < -0.3 is 19.1 Å². The fourth-order valence-corrected chi connectivity index (χ4v) is 0.715. The van der Waals surface area contributed by atoms with Crippen molar-refractivity contribution in [3.63, 3.8) is 0 Å². The third kappa shape index (κ3) is 3.49. The molecular weight excluding hydrogens is 176 g/mol. The summed E-state index contributed by atoms with van der Waals surface area (Å²) in [5.74, 6) is 0.630. The lowest BCUT2D eigenvalue weighted by Gasteiger charge is -1.98. The third-order valence-corrected chi connectivity index (χ3v) is 1.31. The molecule has 1 N–H and O–H groups in total. The summed E-state index contributed by atoms with van der Waals surface area (Å²) in [5, 5.41) is 12.1. The van der Waals surface area contributed by atoms with E-state index in [9.17, 15) is 0 Å². The first-order valence-corrected chi connectivity index (χ1v) is 3.86. The van der Waals surface area contributed by atoms with E-state index in [4.69, 9.17) is 19.1 Å². The van der Waals surface area contributed by atoms with Crippen LogP contribution in [0.2, 0.25) is 0 Å². The molecule has 0 aliphatic carbocycles. The molecule has 1 rings (SSSR count). The van der Waals surface area contributed by atoms with Crippen molar-refractivity contribution in [3.8, 4) is 0 Å². The Kier molecular flexibility index (Phi) is 4.37. The Balaban J connectivity index is 2.20. The number of hydrogen-bond donors (Lipinski definition) is 1. The van der Waals surface area contributed by atoms with Crippen molar-refractivity contribution in [1.82, 2.24) is 10.1 Å². The maximum Gasteiger partial charge on any atom is 0.252 e. The Morgan fingerprint density at radius 2 is 2.31 bits per heavy atom. The Morgan fingerprint density at radius 1 is 1.46 bits per heavy atom. The van der Waals surface area contributed by atoms with Gasteiger partial charge in [-0.3, -0.25) is 0 Å². The van der Waals surface area contributed by atoms with E-state index in [1.807, 2.05) is 0 Å². The molecule has 1 aromatic heterocycles. The molecule has 1 heterocycles. The first-order chi connectivity index (χ1) is 6.36. The van der Waals surface area contributed by atoms with Crippen LogP contribution in [0, 0.1) is 0 Å². The topological polar surface area (TPSA) is 77.6 Å². The number of methoxy groups -OCH3 is 1. The zero-order valence-corrected chi connectivity index (χ0v) is 7.39. The second-order valence-electron chi connectivity index (χ2n) is 2.31. The van der Waals surface area contributed by atoms with Gasteiger partial charge in [0.15, 0.2) is 5.82 Å². The van der Waals surface area contributed by atoms with Crippen LogP contribution in [-0.2, 0) is 22.7 Å². The molecule has 6 nitrogen and oxygen atoms in total. The molecule has 13 heavy (non-hydrogen) atoms. The van der Waals surface area contributed by atoms with Crippen molar-refractivity contribution in [2.24, 2.45) is 0 Å². The summed E-state index contributed by atoms with van der Waals surface area (Å²) in [6, 6.07) is 0. The molecule has 0 bridgehead atoms. The second-order valence-corrected chi connectivity index (χ2v) is 2.31. The molecule has 0 unspecified atom stereocenters. The first kappa shape index (κ1) is 10.1. The quantitative estimate of drug-likeness (QED) is 0.619. The maximum absolute atomic E-state index is 8.61. The molecule has 74 valence electrons. The van der Waals surface area contributed by atoms with Crippen molar-refractivity contribution >= 4 is 0 Å². The van der Waals surface area contributed by atoms with E-state index >= 15 is 0 Å². The van der Waals surface area contributed by atoms with Crippen molar-refractivity contribution < 1.29 is 19.1 Å². The average molecular weight is 188 g/mol. The van der Waals surface area contributed by atoms with Gasteiger partial charge >= 0.3 is 0 Å². The highest BCUT2D eigenvalue weighted by molar-refractivity contribution is 4.81. The van der Waals surface area contributed by atoms with Crippen molar-refractivity contribution in [2.45, 2.75) is 13.2 Å². The number of nitrogens with zero attached hydrogens (tertiary/aromatic N) is 2. The van der Waals surface area contributed by atoms with E-state index in [1.165, 1.54) is 0 Å². The maximum atomic E-state index is 8.61. The first-order valence-electron chi connectivity index (χ1n) is 3.86. The van der Waals surface area contributed by atoms with Crippen LogP contribution in [0.4, 0.5) is 0 Å². The van der Waals surface area contributed by atoms with E-state index in [0.717, 1.165) is 0 Å². The summed E-state index contributed by atoms with van der Waals surface area (Å²) in [4.78, 5) is 3.83. The van der Waals surface area contributed by atoms with Gasteiger partial charge in [0.2, 0.25) is 0 Å². The molecule has 0 spiro atoms. The van der Waals surface area contributed by atoms with Gasteiger partial charge in [-0.15, -0.1) is 0 Å². The van der Waals surface area contributed by atoms with Gasteiger partial charge in [-0.2, -0.15) is 4.98 Å². The number of aliphatic hydroxyl groups excluding tert-OH is 1. The summed E-state index contributed by atoms with van der Waals surface area (Å²) < 4.78 is 14.6. The van der Waals surface area contributed by atoms with Crippen LogP contribution in [-0.4, -0.2) is 35.6 Å². The fraction of sp³-hybridized carbons (Fsp3) is 0.714. The Morgan fingerprint density at radius 3 is 2.92 bits per heavy atom. The Bertz CT molecular complexity index is 238. The number of aliphatic hydroxyl groups is 1. The molecule has 0 aliphatic rings. The summed E-state index contributed by atoms with van der Waals surface area (Å²) in [6.07, 6.45) is 0. The summed E-state index contributed by atoms with van der Waals surface area (Å²) in [5.41, 5.74) is 0. The van der Waals surface area contributed by atoms with Gasteiger partial charge in [0, 0.05) is 7.11 Å². The minimum atomic E-state index is -0.221. The van der Waals surface area contributed by atoms with Crippen molar-refractivity contribution in [3.05, 3.63) is 11.7 Å². The SMILES string of the molecule is COCCOCc1nc(CO)no1. The van der Waals surface area contributed by atoms with Crippen LogP contribution in [0.15, 0.2) is 4.52 Å². The highest BCUT2D eigenvalue weighted by Crippen LogP contribution is 1.98. The molecular formula is C7H12N2O4. The van der Waals surface area contributed by atoms with Gasteiger partial charge in [-0.1, -0.05) is 5.16 Å². The minimum Gasteiger partial charge on any atom is -0.388 e. The minimum absolute atomic E-state index is 0.221. The van der Waals surface area contributed by atoms with E-state index in [1.54, 1.807) is 7.11 Å². The molecule has 0 atom stereocenters. The predicted octanol–water partition coefficient (Wildman–Crippen LogP) is -0.275. The smallest absolute Gasteiger partial charge is 0.252 e. The van der Waals surface area contributed by atoms with E-state index < -0.39 is 0 Å². The number of ether oxygens (including phenoxy) is 2. The number of rotatable bonds is 6. The van der Waals surface area contributed by atoms with Crippen LogP contribution in [0.1, 0.15) is 11.7 Å². The fourth-order valence-electron chi connectivity index (χ4n) is 0.715. The van der Waals surface area contributed by atoms with Gasteiger partial charge in [0.1, 0.15) is 13.2 Å². The normalized spacial score (nSPS) is 10.6. The average Bonchev–Trinajstić information content (AvgIpc) is 2.60. The van der Waals surface area contributed by atoms with Gasteiger partial charge in [-0.25, -0.2) is 0 Å². The van der Waals surface area contributed by atoms with Crippen molar-refractivity contribution in [1.29, 1.82) is 0 Å². The predicted molar refractivity (Wildman–Crippen MR) is 41.8 cm³/mol. The van der Waals surface area contributed by atoms with E-state index in [-0.39, 0.29) is 19.0 Å². The monoisotopic (exact) mass is 188 g/mol. The highest BCUT2D eigenvalue weighted by Gasteiger charge is 2.03. The molecule has 0 saturated carbocycles. The lowest BCUT2D eigenvalue weighted by atomic mass is 10.6. The largest absolute Gasteiger partial charge is 0.388 e. The lowest BCUT2D eigenvalue weighted by Crippen LogP contribution is -2.01. The standard InChI is InChI=1S/C7H12N2O4/c1-11-2-3-12-5-7-8-6(4-10)9-13-7/h10H,2-5H2,1H3. The zero-order valence-electron chi connectivity index (χ0n) is 7.39. The van der Waals surface area contributed by atoms with Crippen LogP contribution < -0.4 is 0 Å². The molecule has 1 aromatic rings. The molecule has 6 heteroatoms. The summed E-state index contributed by atoms with van der Waals surface area (Å²) >= 11 is 0. The Hall–Kier alpha value is -0.980. The van der Waals surface area contributed by atoms with E-state index in [2.05, 4.69) is 10.1 Å². The molecule has 0 radical (unpaired) electrons. The van der Waals surface area contributed by atoms with E-state index in [0.29, 0.717) is 19.1 Å². The van der Waals surface area contributed by atoms with Gasteiger partial charge in [0.25, 0.3) is 5.89 Å². The van der Waals surface area contributed by atoms with Crippen molar-refractivity contribution in [2.75, 3.05) is 20.3 Å². The summed E-state index contributed by atoms with van der Waals surface area (Å²) in [7, 11) is 1.60. The van der Waals surface area contributed by atoms with Gasteiger partial charge in [0.05, 0.1) is 13.2 Å². The van der Waals surface area contributed by atoms with Gasteiger partial charge in [-0.05, 0) is 0 Å². The lowest BCUT2D eigenvalue weighted by molar-refractivity contribution is 0.0494. The van der Waals surface area contributed by atoms with Crippen LogP contribution in [0.5, 0.6) is 0 Å².